The van der Waals surface area contributed by atoms with E-state index in [0.29, 0.717) is 35.4 Å². The topological polar surface area (TPSA) is 57.7 Å². The van der Waals surface area contributed by atoms with Crippen LogP contribution in [0, 0.1) is 17.8 Å². The highest BCUT2D eigenvalue weighted by atomic mass is 16.5. The molecule has 1 aromatic heterocycles. The van der Waals surface area contributed by atoms with Crippen molar-refractivity contribution in [3.05, 3.63) is 18.0 Å². The van der Waals surface area contributed by atoms with E-state index in [1.54, 1.807) is 26.5 Å². The van der Waals surface area contributed by atoms with E-state index in [1.165, 1.54) is 6.42 Å². The normalized spacial score (nSPS) is 24.1. The molecule has 23 heavy (non-hydrogen) atoms. The highest BCUT2D eigenvalue weighted by Crippen LogP contribution is 2.35. The molecule has 1 fully saturated rings. The molecule has 0 bridgehead atoms. The summed E-state index contributed by atoms with van der Waals surface area (Å²) in [6.45, 7) is 4.67. The minimum atomic E-state index is -0.163. The number of nitrogens with zero attached hydrogens (tertiary/aromatic N) is 1. The number of esters is 1. The average Bonchev–Trinajstić information content (AvgIpc) is 2.55. The first-order chi connectivity index (χ1) is 11.0. The smallest absolute Gasteiger partial charge is 0.306 e. The van der Waals surface area contributed by atoms with Crippen molar-refractivity contribution in [2.75, 3.05) is 14.2 Å². The predicted octanol–water partition coefficient (Wildman–Crippen LogP) is 3.60. The maximum Gasteiger partial charge on any atom is 0.306 e. The lowest BCUT2D eigenvalue weighted by Crippen LogP contribution is -2.23. The van der Waals surface area contributed by atoms with Gasteiger partial charge in [-0.1, -0.05) is 20.3 Å². The number of methoxy groups -OCH3 is 2. The molecule has 5 heteroatoms. The van der Waals surface area contributed by atoms with Crippen molar-refractivity contribution in [2.45, 2.75) is 46.1 Å². The summed E-state index contributed by atoms with van der Waals surface area (Å²) in [5.41, 5.74) is 0.575. The lowest BCUT2D eigenvalue weighted by Gasteiger charge is -2.31. The second-order valence-electron chi connectivity index (χ2n) is 6.49. The number of carbonyl (C=O) groups is 1. The molecule has 3 unspecified atom stereocenters. The fourth-order valence-electron chi connectivity index (χ4n) is 3.24. The van der Waals surface area contributed by atoms with Gasteiger partial charge in [0, 0.05) is 18.7 Å². The lowest BCUT2D eigenvalue weighted by molar-refractivity contribution is -0.146. The van der Waals surface area contributed by atoms with Crippen molar-refractivity contribution >= 4 is 5.97 Å². The Kier molecular flexibility index (Phi) is 6.25. The minimum absolute atomic E-state index is 0.109. The van der Waals surface area contributed by atoms with Gasteiger partial charge < -0.3 is 14.2 Å². The summed E-state index contributed by atoms with van der Waals surface area (Å²) in [7, 11) is 3.12. The van der Waals surface area contributed by atoms with Crippen molar-refractivity contribution in [3.63, 3.8) is 0 Å². The average molecular weight is 321 g/mol. The Morgan fingerprint density at radius 2 is 2.00 bits per heavy atom. The molecule has 0 aromatic carbocycles. The Morgan fingerprint density at radius 1 is 1.22 bits per heavy atom. The van der Waals surface area contributed by atoms with E-state index in [4.69, 9.17) is 14.2 Å². The third-order valence-corrected chi connectivity index (χ3v) is 4.90. The third kappa shape index (κ3) is 4.60. The van der Waals surface area contributed by atoms with Gasteiger partial charge in [0.25, 0.3) is 0 Å². The van der Waals surface area contributed by atoms with E-state index < -0.39 is 0 Å². The van der Waals surface area contributed by atoms with Crippen molar-refractivity contribution in [1.82, 2.24) is 4.98 Å². The Labute approximate surface area is 138 Å². The van der Waals surface area contributed by atoms with Crippen LogP contribution in [0.1, 0.15) is 45.2 Å². The van der Waals surface area contributed by atoms with Gasteiger partial charge in [-0.15, -0.1) is 0 Å². The summed E-state index contributed by atoms with van der Waals surface area (Å²) in [5.74, 6) is 2.82. The molecule has 2 rings (SSSR count). The van der Waals surface area contributed by atoms with E-state index in [-0.39, 0.29) is 12.6 Å². The first-order valence-electron chi connectivity index (χ1n) is 8.26. The second-order valence-corrected chi connectivity index (χ2v) is 6.49. The zero-order chi connectivity index (χ0) is 16.8. The van der Waals surface area contributed by atoms with Gasteiger partial charge in [0.1, 0.15) is 12.3 Å². The minimum Gasteiger partial charge on any atom is -0.493 e. The molecule has 1 aliphatic carbocycles. The quantitative estimate of drug-likeness (QED) is 0.749. The standard InChI is InChI=1S/C18H27NO4/c1-12-5-6-14(9-13(12)2)10-17(20)23-11-15-18(22-4)16(21-3)7-8-19-15/h7-8,12-14H,5-6,9-11H2,1-4H3. The van der Waals surface area contributed by atoms with Gasteiger partial charge in [-0.3, -0.25) is 9.78 Å². The zero-order valence-electron chi connectivity index (χ0n) is 14.5. The Balaban J connectivity index is 1.87. The molecular weight excluding hydrogens is 294 g/mol. The van der Waals surface area contributed by atoms with Gasteiger partial charge in [-0.05, 0) is 30.6 Å². The monoisotopic (exact) mass is 321 g/mol. The molecular formula is C18H27NO4. The largest absolute Gasteiger partial charge is 0.493 e. The van der Waals surface area contributed by atoms with E-state index in [2.05, 4.69) is 18.8 Å². The van der Waals surface area contributed by atoms with Crippen LogP contribution in [0.2, 0.25) is 0 Å². The SMILES string of the molecule is COc1ccnc(COC(=O)CC2CCC(C)C(C)C2)c1OC. The van der Waals surface area contributed by atoms with Gasteiger partial charge in [0.05, 0.1) is 14.2 Å². The number of ether oxygens (including phenoxy) is 3. The molecule has 3 atom stereocenters. The van der Waals surface area contributed by atoms with Crippen LogP contribution in [0.5, 0.6) is 11.5 Å². The van der Waals surface area contributed by atoms with Crippen LogP contribution < -0.4 is 9.47 Å². The molecule has 1 saturated carbocycles. The van der Waals surface area contributed by atoms with Crippen molar-refractivity contribution < 1.29 is 19.0 Å². The summed E-state index contributed by atoms with van der Waals surface area (Å²) in [4.78, 5) is 16.3. The molecule has 0 radical (unpaired) electrons. The molecule has 5 nitrogen and oxygen atoms in total. The van der Waals surface area contributed by atoms with Crippen LogP contribution in [0.4, 0.5) is 0 Å². The summed E-state index contributed by atoms with van der Waals surface area (Å²) in [6, 6.07) is 1.72. The molecule has 0 N–H and O–H groups in total. The van der Waals surface area contributed by atoms with Gasteiger partial charge in [0.2, 0.25) is 0 Å². The van der Waals surface area contributed by atoms with E-state index in [9.17, 15) is 4.79 Å². The number of hydrogen-bond donors (Lipinski definition) is 0. The first kappa shape index (κ1) is 17.6. The second kappa shape index (κ2) is 8.18. The van der Waals surface area contributed by atoms with Gasteiger partial charge in [-0.25, -0.2) is 0 Å². The molecule has 0 aliphatic heterocycles. The molecule has 0 amide bonds. The number of pyridine rings is 1. The zero-order valence-corrected chi connectivity index (χ0v) is 14.5. The van der Waals surface area contributed by atoms with E-state index in [0.717, 1.165) is 18.8 Å². The van der Waals surface area contributed by atoms with Crippen molar-refractivity contribution in [2.24, 2.45) is 17.8 Å². The number of hydrogen-bond acceptors (Lipinski definition) is 5. The molecule has 1 aliphatic rings. The van der Waals surface area contributed by atoms with Gasteiger partial charge in [-0.2, -0.15) is 0 Å². The first-order valence-corrected chi connectivity index (χ1v) is 8.26. The molecule has 0 spiro atoms. The number of rotatable bonds is 6. The summed E-state index contributed by atoms with van der Waals surface area (Å²) < 4.78 is 15.9. The summed E-state index contributed by atoms with van der Waals surface area (Å²) >= 11 is 0. The van der Waals surface area contributed by atoms with E-state index in [1.807, 2.05) is 0 Å². The van der Waals surface area contributed by atoms with Crippen LogP contribution in [0.15, 0.2) is 12.3 Å². The molecule has 0 saturated heterocycles. The lowest BCUT2D eigenvalue weighted by atomic mass is 9.75. The van der Waals surface area contributed by atoms with Crippen LogP contribution in [0.25, 0.3) is 0 Å². The van der Waals surface area contributed by atoms with Crippen molar-refractivity contribution in [3.8, 4) is 11.5 Å². The van der Waals surface area contributed by atoms with Crippen LogP contribution >= 0.6 is 0 Å². The molecule has 128 valence electrons. The predicted molar refractivity (Wildman–Crippen MR) is 87.4 cm³/mol. The maximum absolute atomic E-state index is 12.1. The van der Waals surface area contributed by atoms with Crippen LogP contribution in [-0.4, -0.2) is 25.2 Å². The highest BCUT2D eigenvalue weighted by Gasteiger charge is 2.26. The Hall–Kier alpha value is -1.78. The summed E-state index contributed by atoms with van der Waals surface area (Å²) in [5, 5.41) is 0. The van der Waals surface area contributed by atoms with E-state index >= 15 is 0 Å². The number of carbonyl (C=O) groups excluding carboxylic acids is 1. The fraction of sp³-hybridized carbons (Fsp3) is 0.667. The highest BCUT2D eigenvalue weighted by molar-refractivity contribution is 5.69. The third-order valence-electron chi connectivity index (χ3n) is 4.90. The van der Waals surface area contributed by atoms with Crippen LogP contribution in [-0.2, 0) is 16.1 Å². The number of aromatic nitrogens is 1. The van der Waals surface area contributed by atoms with Gasteiger partial charge >= 0.3 is 5.97 Å². The Bertz CT molecular complexity index is 532. The van der Waals surface area contributed by atoms with Crippen LogP contribution in [0.3, 0.4) is 0 Å². The molecule has 1 aromatic rings. The summed E-state index contributed by atoms with van der Waals surface area (Å²) in [6.07, 6.45) is 5.53. The van der Waals surface area contributed by atoms with Gasteiger partial charge in [0.15, 0.2) is 11.5 Å². The maximum atomic E-state index is 12.1. The molecule has 1 heterocycles. The van der Waals surface area contributed by atoms with Crippen molar-refractivity contribution in [1.29, 1.82) is 0 Å². The fourth-order valence-corrected chi connectivity index (χ4v) is 3.24. The Morgan fingerprint density at radius 3 is 2.65 bits per heavy atom.